The first-order valence-electron chi connectivity index (χ1n) is 6.31. The fourth-order valence-corrected chi connectivity index (χ4v) is 2.31. The van der Waals surface area contributed by atoms with Gasteiger partial charge in [0.2, 0.25) is 5.91 Å². The molecule has 5 heteroatoms. The lowest BCUT2D eigenvalue weighted by Crippen LogP contribution is -2.27. The van der Waals surface area contributed by atoms with E-state index in [9.17, 15) is 4.79 Å². The monoisotopic (exact) mass is 302 g/mol. The largest absolute Gasteiger partial charge is 0.341 e. The second-order valence-electron chi connectivity index (χ2n) is 4.91. The molecule has 1 unspecified atom stereocenters. The molecule has 0 aliphatic heterocycles. The molecule has 1 amide bonds. The van der Waals surface area contributed by atoms with Gasteiger partial charge in [-0.2, -0.15) is 0 Å². The molecule has 0 saturated carbocycles. The smallest absolute Gasteiger partial charge is 0.222 e. The maximum atomic E-state index is 12.0. The Labute approximate surface area is 124 Å². The molecule has 0 saturated heterocycles. The Morgan fingerprint density at radius 2 is 1.89 bits per heavy atom. The Kier molecular flexibility index (Phi) is 6.63. The van der Waals surface area contributed by atoms with Crippen LogP contribution in [0.4, 0.5) is 0 Å². The van der Waals surface area contributed by atoms with E-state index in [1.807, 2.05) is 19.1 Å². The van der Waals surface area contributed by atoms with Gasteiger partial charge in [0.25, 0.3) is 0 Å². The van der Waals surface area contributed by atoms with Crippen molar-refractivity contribution in [1.82, 2.24) is 4.90 Å². The standard InChI is InChI=1S/C14H20Cl2N2O/c1-10(8-17)3-4-14(19)18(2)9-11-5-12(15)7-13(16)6-11/h5-7,10H,3-4,8-9,17H2,1-2H3. The summed E-state index contributed by atoms with van der Waals surface area (Å²) in [5.74, 6) is 0.481. The van der Waals surface area contributed by atoms with E-state index in [4.69, 9.17) is 28.9 Å². The molecular weight excluding hydrogens is 283 g/mol. The first-order valence-corrected chi connectivity index (χ1v) is 7.07. The van der Waals surface area contributed by atoms with Gasteiger partial charge in [-0.25, -0.2) is 0 Å². The van der Waals surface area contributed by atoms with Crippen molar-refractivity contribution in [2.75, 3.05) is 13.6 Å². The van der Waals surface area contributed by atoms with E-state index in [0.717, 1.165) is 12.0 Å². The highest BCUT2D eigenvalue weighted by molar-refractivity contribution is 6.34. The van der Waals surface area contributed by atoms with Gasteiger partial charge in [-0.3, -0.25) is 4.79 Å². The van der Waals surface area contributed by atoms with E-state index in [1.54, 1.807) is 18.0 Å². The van der Waals surface area contributed by atoms with Crippen LogP contribution in [0.15, 0.2) is 18.2 Å². The Balaban J connectivity index is 2.53. The molecule has 0 aromatic heterocycles. The van der Waals surface area contributed by atoms with Gasteiger partial charge in [0.15, 0.2) is 0 Å². The number of nitrogens with zero attached hydrogens (tertiary/aromatic N) is 1. The van der Waals surface area contributed by atoms with Crippen LogP contribution in [0.25, 0.3) is 0 Å². The molecule has 0 aliphatic carbocycles. The van der Waals surface area contributed by atoms with Crippen LogP contribution in [0.1, 0.15) is 25.3 Å². The number of carbonyl (C=O) groups excluding carboxylic acids is 1. The number of nitrogens with two attached hydrogens (primary N) is 1. The topological polar surface area (TPSA) is 46.3 Å². The highest BCUT2D eigenvalue weighted by Gasteiger charge is 2.11. The van der Waals surface area contributed by atoms with Gasteiger partial charge < -0.3 is 10.6 Å². The molecule has 0 aliphatic rings. The minimum absolute atomic E-state index is 0.108. The Hall–Kier alpha value is -0.770. The van der Waals surface area contributed by atoms with E-state index in [0.29, 0.717) is 35.5 Å². The molecule has 0 heterocycles. The second-order valence-corrected chi connectivity index (χ2v) is 5.78. The van der Waals surface area contributed by atoms with Gasteiger partial charge in [-0.05, 0) is 42.6 Å². The molecule has 0 radical (unpaired) electrons. The minimum Gasteiger partial charge on any atom is -0.341 e. The molecule has 19 heavy (non-hydrogen) atoms. The van der Waals surface area contributed by atoms with Crippen molar-refractivity contribution in [3.63, 3.8) is 0 Å². The summed E-state index contributed by atoms with van der Waals surface area (Å²) in [4.78, 5) is 13.6. The quantitative estimate of drug-likeness (QED) is 0.876. The van der Waals surface area contributed by atoms with Crippen LogP contribution < -0.4 is 5.73 Å². The summed E-state index contributed by atoms with van der Waals surface area (Å²) in [6.45, 7) is 3.17. The maximum absolute atomic E-state index is 12.0. The SMILES string of the molecule is CC(CN)CCC(=O)N(C)Cc1cc(Cl)cc(Cl)c1. The minimum atomic E-state index is 0.108. The summed E-state index contributed by atoms with van der Waals surface area (Å²) >= 11 is 11.9. The Morgan fingerprint density at radius 3 is 2.42 bits per heavy atom. The van der Waals surface area contributed by atoms with Crippen LogP contribution in [0.3, 0.4) is 0 Å². The van der Waals surface area contributed by atoms with Gasteiger partial charge in [0.1, 0.15) is 0 Å². The number of benzene rings is 1. The molecule has 1 rings (SSSR count). The van der Waals surface area contributed by atoms with Crippen molar-refractivity contribution < 1.29 is 4.79 Å². The molecule has 1 aromatic rings. The molecule has 0 spiro atoms. The Morgan fingerprint density at radius 1 is 1.32 bits per heavy atom. The van der Waals surface area contributed by atoms with E-state index in [2.05, 4.69) is 0 Å². The molecule has 2 N–H and O–H groups in total. The first kappa shape index (κ1) is 16.3. The van der Waals surface area contributed by atoms with Crippen molar-refractivity contribution in [3.05, 3.63) is 33.8 Å². The zero-order chi connectivity index (χ0) is 14.4. The first-order chi connectivity index (χ1) is 8.92. The lowest BCUT2D eigenvalue weighted by Gasteiger charge is -2.18. The van der Waals surface area contributed by atoms with Crippen molar-refractivity contribution in [2.24, 2.45) is 11.7 Å². The van der Waals surface area contributed by atoms with Crippen LogP contribution in [-0.2, 0) is 11.3 Å². The summed E-state index contributed by atoms with van der Waals surface area (Å²) in [6.07, 6.45) is 1.33. The Bertz CT molecular complexity index is 417. The second kappa shape index (κ2) is 7.73. The molecule has 1 aromatic carbocycles. The van der Waals surface area contributed by atoms with Crippen molar-refractivity contribution in [3.8, 4) is 0 Å². The summed E-state index contributed by atoms with van der Waals surface area (Å²) in [7, 11) is 1.78. The van der Waals surface area contributed by atoms with E-state index < -0.39 is 0 Å². The van der Waals surface area contributed by atoms with E-state index in [-0.39, 0.29) is 5.91 Å². The number of amides is 1. The number of carbonyl (C=O) groups is 1. The fraction of sp³-hybridized carbons (Fsp3) is 0.500. The third-order valence-electron chi connectivity index (χ3n) is 3.02. The fourth-order valence-electron chi connectivity index (χ4n) is 1.74. The molecule has 0 bridgehead atoms. The summed E-state index contributed by atoms with van der Waals surface area (Å²) in [6, 6.07) is 5.32. The predicted octanol–water partition coefficient (Wildman–Crippen LogP) is 3.33. The maximum Gasteiger partial charge on any atom is 0.222 e. The van der Waals surface area contributed by atoms with Crippen molar-refractivity contribution in [2.45, 2.75) is 26.3 Å². The highest BCUT2D eigenvalue weighted by atomic mass is 35.5. The van der Waals surface area contributed by atoms with Gasteiger partial charge in [0.05, 0.1) is 0 Å². The molecule has 106 valence electrons. The number of hydrogen-bond donors (Lipinski definition) is 1. The van der Waals surface area contributed by atoms with Crippen LogP contribution in [0.2, 0.25) is 10.0 Å². The van der Waals surface area contributed by atoms with Gasteiger partial charge in [0, 0.05) is 30.1 Å². The molecule has 0 fully saturated rings. The van der Waals surface area contributed by atoms with Crippen molar-refractivity contribution >= 4 is 29.1 Å². The number of rotatable bonds is 6. The normalized spacial score (nSPS) is 12.3. The van der Waals surface area contributed by atoms with E-state index in [1.165, 1.54) is 0 Å². The molecule has 1 atom stereocenters. The van der Waals surface area contributed by atoms with Crippen LogP contribution in [-0.4, -0.2) is 24.4 Å². The van der Waals surface area contributed by atoms with Gasteiger partial charge >= 0.3 is 0 Å². The lowest BCUT2D eigenvalue weighted by atomic mass is 10.1. The zero-order valence-electron chi connectivity index (χ0n) is 11.3. The third-order valence-corrected chi connectivity index (χ3v) is 3.46. The highest BCUT2D eigenvalue weighted by Crippen LogP contribution is 2.20. The van der Waals surface area contributed by atoms with E-state index >= 15 is 0 Å². The predicted molar refractivity (Wildman–Crippen MR) is 80.4 cm³/mol. The summed E-state index contributed by atoms with van der Waals surface area (Å²) in [5.41, 5.74) is 6.47. The average molecular weight is 303 g/mol. The van der Waals surface area contributed by atoms with Gasteiger partial charge in [-0.15, -0.1) is 0 Å². The third kappa shape index (κ3) is 5.81. The zero-order valence-corrected chi connectivity index (χ0v) is 12.8. The molecule has 3 nitrogen and oxygen atoms in total. The average Bonchev–Trinajstić information content (AvgIpc) is 2.33. The van der Waals surface area contributed by atoms with Crippen LogP contribution in [0, 0.1) is 5.92 Å². The molecular formula is C14H20Cl2N2O. The number of hydrogen-bond acceptors (Lipinski definition) is 2. The number of halogens is 2. The summed E-state index contributed by atoms with van der Waals surface area (Å²) in [5, 5.41) is 1.17. The lowest BCUT2D eigenvalue weighted by molar-refractivity contribution is -0.130. The van der Waals surface area contributed by atoms with Crippen LogP contribution >= 0.6 is 23.2 Å². The van der Waals surface area contributed by atoms with Crippen molar-refractivity contribution in [1.29, 1.82) is 0 Å². The van der Waals surface area contributed by atoms with Gasteiger partial charge in [-0.1, -0.05) is 30.1 Å². The van der Waals surface area contributed by atoms with Crippen LogP contribution in [0.5, 0.6) is 0 Å². The summed E-state index contributed by atoms with van der Waals surface area (Å²) < 4.78 is 0.